The average Bonchev–Trinajstić information content (AvgIpc) is 2.80. The van der Waals surface area contributed by atoms with Crippen LogP contribution in [0.1, 0.15) is 36.5 Å². The van der Waals surface area contributed by atoms with E-state index >= 15 is 0 Å². The van der Waals surface area contributed by atoms with Crippen LogP contribution in [0.2, 0.25) is 0 Å². The number of phenols is 2. The quantitative estimate of drug-likeness (QED) is 0.192. The van der Waals surface area contributed by atoms with Gasteiger partial charge in [-0.15, -0.1) is 0 Å². The number of aromatic hydroxyl groups is 2. The van der Waals surface area contributed by atoms with Crippen LogP contribution in [0.15, 0.2) is 65.7 Å². The van der Waals surface area contributed by atoms with Crippen LogP contribution in [0.3, 0.4) is 0 Å². The molecule has 0 saturated carbocycles. The molecule has 3 rings (SSSR count). The second-order valence-corrected chi connectivity index (χ2v) is 7.50. The molecule has 0 unspecified atom stereocenters. The van der Waals surface area contributed by atoms with Crippen molar-refractivity contribution in [3.8, 4) is 28.4 Å². The first-order chi connectivity index (χ1) is 15.4. The zero-order valence-electron chi connectivity index (χ0n) is 18.6. The van der Waals surface area contributed by atoms with Crippen molar-refractivity contribution in [2.75, 3.05) is 13.7 Å². The van der Waals surface area contributed by atoms with Crippen LogP contribution in [0, 0.1) is 11.1 Å². The van der Waals surface area contributed by atoms with Gasteiger partial charge in [0, 0.05) is 23.7 Å². The monoisotopic (exact) mass is 434 g/mol. The number of hydrogen-bond acceptors (Lipinski definition) is 6. The lowest BCUT2D eigenvalue weighted by Crippen LogP contribution is -2.15. The van der Waals surface area contributed by atoms with Gasteiger partial charge in [-0.3, -0.25) is 4.99 Å². The Morgan fingerprint density at radius 3 is 2.28 bits per heavy atom. The Hall–Kier alpha value is -3.87. The fraction of sp³-hybridized carbons (Fsp3) is 0.240. The third kappa shape index (κ3) is 5.85. The van der Waals surface area contributed by atoms with Gasteiger partial charge in [0.1, 0.15) is 23.1 Å². The van der Waals surface area contributed by atoms with Crippen molar-refractivity contribution in [2.45, 2.75) is 26.2 Å². The van der Waals surface area contributed by atoms with Crippen molar-refractivity contribution < 1.29 is 14.9 Å². The van der Waals surface area contributed by atoms with Crippen LogP contribution in [0.5, 0.6) is 17.2 Å². The van der Waals surface area contributed by atoms with E-state index in [1.165, 1.54) is 11.6 Å². The van der Waals surface area contributed by atoms with E-state index in [9.17, 15) is 10.2 Å². The number of hydrogen-bond donors (Lipinski definition) is 5. The van der Waals surface area contributed by atoms with E-state index in [-0.39, 0.29) is 17.3 Å². The predicted molar refractivity (Wildman–Crippen MR) is 127 cm³/mol. The maximum Gasteiger partial charge on any atom is 0.130 e. The van der Waals surface area contributed by atoms with Crippen LogP contribution in [0.25, 0.3) is 11.1 Å². The van der Waals surface area contributed by atoms with Crippen LogP contribution in [-0.4, -0.2) is 29.7 Å². The van der Waals surface area contributed by atoms with E-state index in [2.05, 4.69) is 18.8 Å². The summed E-state index contributed by atoms with van der Waals surface area (Å²) in [5, 5.41) is 20.9. The molecule has 0 aromatic heterocycles. The molecule has 168 valence electrons. The number of ether oxygens (including phenoxy) is 1. The van der Waals surface area contributed by atoms with Gasteiger partial charge in [0.25, 0.3) is 0 Å². The van der Waals surface area contributed by atoms with Crippen LogP contribution in [0.4, 0.5) is 0 Å². The molecule has 0 fully saturated rings. The fourth-order valence-corrected chi connectivity index (χ4v) is 3.33. The van der Waals surface area contributed by atoms with Crippen molar-refractivity contribution in [1.82, 2.24) is 0 Å². The van der Waals surface area contributed by atoms with E-state index in [1.807, 2.05) is 48.5 Å². The smallest absolute Gasteiger partial charge is 0.130 e. The lowest BCUT2D eigenvalue weighted by atomic mass is 9.94. The molecule has 0 bridgehead atoms. The summed E-state index contributed by atoms with van der Waals surface area (Å²) in [6.45, 7) is 4.70. The molecule has 0 radical (unpaired) electrons. The number of methoxy groups -OCH3 is 1. The molecule has 0 spiro atoms. The zero-order chi connectivity index (χ0) is 23.7. The van der Waals surface area contributed by atoms with Gasteiger partial charge in [-0.25, -0.2) is 11.1 Å². The van der Waals surface area contributed by atoms with E-state index in [4.69, 9.17) is 21.5 Å². The van der Waals surface area contributed by atoms with Gasteiger partial charge in [0.15, 0.2) is 0 Å². The van der Waals surface area contributed by atoms with Crippen molar-refractivity contribution in [2.24, 2.45) is 10.7 Å². The average molecular weight is 435 g/mol. The maximum atomic E-state index is 10.5. The summed E-state index contributed by atoms with van der Waals surface area (Å²) in [7, 11) is 1.59. The van der Waals surface area contributed by atoms with Crippen LogP contribution >= 0.6 is 0 Å². The molecule has 0 saturated heterocycles. The summed E-state index contributed by atoms with van der Waals surface area (Å²) in [6, 6.07) is 18.9. The highest BCUT2D eigenvalue weighted by atomic mass is 16.5. The second kappa shape index (κ2) is 11.5. The molecule has 0 aliphatic carbocycles. The molecule has 32 heavy (non-hydrogen) atoms. The predicted octanol–water partition coefficient (Wildman–Crippen LogP) is 5.44. The Labute approximate surface area is 188 Å². The number of nitrogens with one attached hydrogen (secondary N) is 2. The fourth-order valence-electron chi connectivity index (χ4n) is 3.33. The Morgan fingerprint density at radius 2 is 1.66 bits per heavy atom. The first kappa shape index (κ1) is 24.4. The minimum Gasteiger partial charge on any atom is -0.507 e. The number of rotatable bonds is 7. The van der Waals surface area contributed by atoms with E-state index in [0.717, 1.165) is 17.5 Å². The number of nitrogens with two attached hydrogens (primary N) is 1. The van der Waals surface area contributed by atoms with Crippen molar-refractivity contribution in [3.63, 3.8) is 0 Å². The largest absolute Gasteiger partial charge is 0.507 e. The second-order valence-electron chi connectivity index (χ2n) is 7.50. The molecule has 0 heterocycles. The third-order valence-electron chi connectivity index (χ3n) is 5.10. The Balaban J connectivity index is 0.00000176. The maximum absolute atomic E-state index is 10.5. The Kier molecular flexibility index (Phi) is 8.77. The molecule has 7 nitrogen and oxygen atoms in total. The van der Waals surface area contributed by atoms with Gasteiger partial charge in [0.05, 0.1) is 12.7 Å². The van der Waals surface area contributed by atoms with Gasteiger partial charge < -0.3 is 20.7 Å². The van der Waals surface area contributed by atoms with Crippen molar-refractivity contribution in [1.29, 1.82) is 11.1 Å². The van der Waals surface area contributed by atoms with Gasteiger partial charge in [0.2, 0.25) is 0 Å². The normalized spacial score (nSPS) is 11.1. The SMILES string of the molecule is COc1ccc(C(C)C)cc1-c1cc(C(N)=NCCc2ccccc2)c(O)cc1O.N=N. The summed E-state index contributed by atoms with van der Waals surface area (Å²) in [4.78, 5) is 4.42. The van der Waals surface area contributed by atoms with E-state index in [0.29, 0.717) is 29.3 Å². The molecule has 3 aromatic carbocycles. The lowest BCUT2D eigenvalue weighted by molar-refractivity contribution is 0.415. The molecular weight excluding hydrogens is 404 g/mol. The summed E-state index contributed by atoms with van der Waals surface area (Å²) in [6.07, 6.45) is 0.748. The van der Waals surface area contributed by atoms with Gasteiger partial charge in [-0.05, 0) is 41.7 Å². The highest BCUT2D eigenvalue weighted by Crippen LogP contribution is 2.40. The van der Waals surface area contributed by atoms with Gasteiger partial charge in [-0.1, -0.05) is 50.2 Å². The van der Waals surface area contributed by atoms with Gasteiger partial charge in [-0.2, -0.15) is 0 Å². The standard InChI is InChI=1S/C25H28N2O3.H2N2/c1-16(2)18-9-10-24(30-3)20(13-18)19-14-21(23(29)15-22(19)28)25(26)27-12-11-17-7-5-4-6-8-17;1-2/h4-10,13-16,28-29H,11-12H2,1-3H3,(H2,26,27);1-2H. The Morgan fingerprint density at radius 1 is 0.969 bits per heavy atom. The first-order valence-corrected chi connectivity index (χ1v) is 10.2. The lowest BCUT2D eigenvalue weighted by Gasteiger charge is -2.16. The highest BCUT2D eigenvalue weighted by molar-refractivity contribution is 6.01. The molecule has 0 aliphatic heterocycles. The number of phenolic OH excluding ortho intramolecular Hbond substituents is 2. The van der Waals surface area contributed by atoms with Crippen molar-refractivity contribution in [3.05, 3.63) is 77.4 Å². The number of benzene rings is 3. The van der Waals surface area contributed by atoms with Gasteiger partial charge >= 0.3 is 0 Å². The minimum atomic E-state index is -0.115. The van der Waals surface area contributed by atoms with Crippen molar-refractivity contribution >= 4 is 5.84 Å². The molecule has 7 heteroatoms. The molecule has 0 aliphatic rings. The van der Waals surface area contributed by atoms with E-state index < -0.39 is 0 Å². The van der Waals surface area contributed by atoms with Crippen LogP contribution < -0.4 is 10.5 Å². The highest BCUT2D eigenvalue weighted by Gasteiger charge is 2.17. The number of aliphatic imine (C=N–C) groups is 1. The molecule has 6 N–H and O–H groups in total. The number of nitrogens with zero attached hydrogens (tertiary/aromatic N) is 1. The molecular formula is C25H30N4O3. The summed E-state index contributed by atoms with van der Waals surface area (Å²) in [5.74, 6) is 1.01. The van der Waals surface area contributed by atoms with E-state index in [1.54, 1.807) is 13.2 Å². The molecule has 0 atom stereocenters. The molecule has 0 amide bonds. The summed E-state index contributed by atoms with van der Waals surface area (Å²) >= 11 is 0. The molecule has 3 aromatic rings. The zero-order valence-corrected chi connectivity index (χ0v) is 18.6. The first-order valence-electron chi connectivity index (χ1n) is 10.2. The third-order valence-corrected chi connectivity index (χ3v) is 5.10. The Bertz CT molecular complexity index is 1070. The number of amidine groups is 1. The summed E-state index contributed by atoms with van der Waals surface area (Å²) in [5.41, 5.74) is 20.1. The minimum absolute atomic E-state index is 0.0486. The summed E-state index contributed by atoms with van der Waals surface area (Å²) < 4.78 is 5.50. The topological polar surface area (TPSA) is 136 Å². The van der Waals surface area contributed by atoms with Crippen LogP contribution in [-0.2, 0) is 6.42 Å².